The summed E-state index contributed by atoms with van der Waals surface area (Å²) in [6.07, 6.45) is -13.7. The van der Waals surface area contributed by atoms with Crippen molar-refractivity contribution < 1.29 is 47.9 Å². The summed E-state index contributed by atoms with van der Waals surface area (Å²) >= 11 is 0. The van der Waals surface area contributed by atoms with E-state index in [0.717, 1.165) is 18.2 Å². The van der Waals surface area contributed by atoms with Crippen molar-refractivity contribution in [3.63, 3.8) is 0 Å². The summed E-state index contributed by atoms with van der Waals surface area (Å²) in [7, 11) is -4.30. The van der Waals surface area contributed by atoms with E-state index in [4.69, 9.17) is 0 Å². The summed E-state index contributed by atoms with van der Waals surface area (Å²) in [5.41, 5.74) is -4.12. The third kappa shape index (κ3) is 6.23. The van der Waals surface area contributed by atoms with E-state index in [0.29, 0.717) is 37.6 Å². The molecule has 4 rings (SSSR count). The zero-order chi connectivity index (χ0) is 27.4. The average Bonchev–Trinajstić information content (AvgIpc) is 3.32. The smallest absolute Gasteiger partial charge is 0.298 e. The highest BCUT2D eigenvalue weighted by Crippen LogP contribution is 2.41. The minimum absolute atomic E-state index is 0.0564. The van der Waals surface area contributed by atoms with Crippen LogP contribution in [-0.4, -0.2) is 32.4 Å². The highest BCUT2D eigenvalue weighted by atomic mass is 32.2. The Hall–Kier alpha value is -2.32. The largest absolute Gasteiger partial charge is 0.416 e. The van der Waals surface area contributed by atoms with E-state index < -0.39 is 56.2 Å². The summed E-state index contributed by atoms with van der Waals surface area (Å²) in [4.78, 5) is 1.11. The van der Waals surface area contributed by atoms with Crippen LogP contribution < -0.4 is 4.72 Å². The molecule has 0 radical (unpaired) electrons. The Labute approximate surface area is 206 Å². The third-order valence-corrected chi connectivity index (χ3v) is 8.25. The van der Waals surface area contributed by atoms with Crippen LogP contribution in [0, 0.1) is 11.8 Å². The maximum Gasteiger partial charge on any atom is 0.416 e. The molecule has 14 heteroatoms. The SMILES string of the molecule is O=S(=O)(NC1CC[C@H]2CN(Cc3cc(C(F)(F)F)cc(C(F)(F)F)c3)CC12)c1cccc(C(F)(F)F)c1. The van der Waals surface area contributed by atoms with Crippen molar-refractivity contribution in [1.82, 2.24) is 9.62 Å². The van der Waals surface area contributed by atoms with Gasteiger partial charge in [0.05, 0.1) is 21.6 Å². The molecular formula is C23H21F9N2O2S. The molecule has 0 bridgehead atoms. The lowest BCUT2D eigenvalue weighted by Gasteiger charge is -2.22. The molecule has 2 fully saturated rings. The van der Waals surface area contributed by atoms with E-state index in [1.165, 1.54) is 0 Å². The Morgan fingerprint density at radius 1 is 0.784 bits per heavy atom. The van der Waals surface area contributed by atoms with Crippen molar-refractivity contribution in [3.8, 4) is 0 Å². The van der Waals surface area contributed by atoms with Gasteiger partial charge in [-0.15, -0.1) is 0 Å². The molecular weight excluding hydrogens is 539 g/mol. The molecule has 1 heterocycles. The maximum atomic E-state index is 13.2. The Bertz CT molecular complexity index is 1220. The second-order valence-corrected chi connectivity index (χ2v) is 11.1. The molecule has 204 valence electrons. The first-order valence-electron chi connectivity index (χ1n) is 11.1. The van der Waals surface area contributed by atoms with E-state index in [1.54, 1.807) is 4.90 Å². The van der Waals surface area contributed by atoms with Crippen molar-refractivity contribution in [2.75, 3.05) is 13.1 Å². The Morgan fingerprint density at radius 3 is 1.95 bits per heavy atom. The van der Waals surface area contributed by atoms with Crippen LogP contribution in [0.2, 0.25) is 0 Å². The predicted molar refractivity (Wildman–Crippen MR) is 113 cm³/mol. The fourth-order valence-corrected chi connectivity index (χ4v) is 6.48. The first-order valence-corrected chi connectivity index (χ1v) is 12.6. The number of nitrogens with one attached hydrogen (secondary N) is 1. The molecule has 1 aliphatic heterocycles. The number of benzene rings is 2. The fraction of sp³-hybridized carbons (Fsp3) is 0.478. The molecule has 2 aliphatic rings. The van der Waals surface area contributed by atoms with Gasteiger partial charge in [-0.3, -0.25) is 4.90 Å². The van der Waals surface area contributed by atoms with Gasteiger partial charge >= 0.3 is 18.5 Å². The lowest BCUT2D eigenvalue weighted by Crippen LogP contribution is -2.39. The van der Waals surface area contributed by atoms with Crippen molar-refractivity contribution in [3.05, 3.63) is 64.7 Å². The topological polar surface area (TPSA) is 49.4 Å². The number of hydrogen-bond acceptors (Lipinski definition) is 3. The lowest BCUT2D eigenvalue weighted by molar-refractivity contribution is -0.143. The van der Waals surface area contributed by atoms with Crippen molar-refractivity contribution >= 4 is 10.0 Å². The Morgan fingerprint density at radius 2 is 1.38 bits per heavy atom. The summed E-state index contributed by atoms with van der Waals surface area (Å²) in [5, 5.41) is 0. The van der Waals surface area contributed by atoms with Gasteiger partial charge in [-0.1, -0.05) is 6.07 Å². The first kappa shape index (κ1) is 27.7. The zero-order valence-electron chi connectivity index (χ0n) is 18.9. The van der Waals surface area contributed by atoms with E-state index in [1.807, 2.05) is 0 Å². The molecule has 37 heavy (non-hydrogen) atoms. The maximum absolute atomic E-state index is 13.2. The molecule has 1 saturated carbocycles. The van der Waals surface area contributed by atoms with Crippen LogP contribution in [-0.2, 0) is 35.1 Å². The Balaban J connectivity index is 1.49. The third-order valence-electron chi connectivity index (χ3n) is 6.76. The number of alkyl halides is 9. The van der Waals surface area contributed by atoms with Crippen molar-refractivity contribution in [1.29, 1.82) is 0 Å². The molecule has 1 saturated heterocycles. The summed E-state index contributed by atoms with van der Waals surface area (Å²) in [6.45, 7) is 0.342. The van der Waals surface area contributed by atoms with Crippen molar-refractivity contribution in [2.45, 2.75) is 48.9 Å². The number of halogens is 9. The lowest BCUT2D eigenvalue weighted by atomic mass is 9.98. The predicted octanol–water partition coefficient (Wildman–Crippen LogP) is 5.93. The highest BCUT2D eigenvalue weighted by Gasteiger charge is 2.44. The molecule has 4 nitrogen and oxygen atoms in total. The van der Waals surface area contributed by atoms with Crippen LogP contribution in [0.1, 0.15) is 35.1 Å². The fourth-order valence-electron chi connectivity index (χ4n) is 5.11. The second-order valence-electron chi connectivity index (χ2n) is 9.36. The van der Waals surface area contributed by atoms with Crippen LogP contribution in [0.25, 0.3) is 0 Å². The molecule has 2 unspecified atom stereocenters. The Kier molecular flexibility index (Phi) is 7.08. The van der Waals surface area contributed by atoms with Gasteiger partial charge in [0.2, 0.25) is 10.0 Å². The van der Waals surface area contributed by atoms with Crippen LogP contribution in [0.15, 0.2) is 47.4 Å². The van der Waals surface area contributed by atoms with E-state index >= 15 is 0 Å². The molecule has 1 N–H and O–H groups in total. The number of sulfonamides is 1. The first-order chi connectivity index (χ1) is 16.9. The summed E-state index contributed by atoms with van der Waals surface area (Å²) < 4.78 is 146. The van der Waals surface area contributed by atoms with Gasteiger partial charge in [-0.05, 0) is 66.6 Å². The van der Waals surface area contributed by atoms with Crippen LogP contribution >= 0.6 is 0 Å². The molecule has 1 aliphatic carbocycles. The standard InChI is InChI=1S/C23H21F9N2O2S/c24-21(25,26)15-2-1-3-18(9-15)37(35,36)33-20-5-4-14-11-34(12-19(14)20)10-13-6-16(22(27,28)29)8-17(7-13)23(30,31)32/h1-3,6-9,14,19-20,33H,4-5,10-12H2/t14-,19?,20?/m0/s1. The quantitative estimate of drug-likeness (QED) is 0.462. The van der Waals surface area contributed by atoms with Gasteiger partial charge in [0.25, 0.3) is 0 Å². The summed E-state index contributed by atoms with van der Waals surface area (Å²) in [6, 6.07) is 4.04. The zero-order valence-corrected chi connectivity index (χ0v) is 19.7. The van der Waals surface area contributed by atoms with Crippen molar-refractivity contribution in [2.24, 2.45) is 11.8 Å². The van der Waals surface area contributed by atoms with Crippen LogP contribution in [0.4, 0.5) is 39.5 Å². The summed E-state index contributed by atoms with van der Waals surface area (Å²) in [5.74, 6) is -0.365. The van der Waals surface area contributed by atoms with Gasteiger partial charge in [-0.2, -0.15) is 39.5 Å². The van der Waals surface area contributed by atoms with Gasteiger partial charge in [0.1, 0.15) is 0 Å². The minimum Gasteiger partial charge on any atom is -0.298 e. The monoisotopic (exact) mass is 560 g/mol. The van der Waals surface area contributed by atoms with Crippen LogP contribution in [0.5, 0.6) is 0 Å². The van der Waals surface area contributed by atoms with Gasteiger partial charge in [0, 0.05) is 25.7 Å². The minimum atomic E-state index is -4.97. The van der Waals surface area contributed by atoms with E-state index in [2.05, 4.69) is 4.72 Å². The highest BCUT2D eigenvalue weighted by molar-refractivity contribution is 7.89. The normalized spacial score (nSPS) is 23.4. The number of likely N-dealkylation sites (tertiary alicyclic amines) is 1. The average molecular weight is 560 g/mol. The number of nitrogens with zero attached hydrogens (tertiary/aromatic N) is 1. The number of rotatable bonds is 5. The molecule has 0 aromatic heterocycles. The second kappa shape index (κ2) is 9.45. The van der Waals surface area contributed by atoms with Gasteiger partial charge in [0.15, 0.2) is 0 Å². The molecule has 0 amide bonds. The van der Waals surface area contributed by atoms with Gasteiger partial charge < -0.3 is 0 Å². The molecule has 2 aromatic rings. The molecule has 0 spiro atoms. The number of hydrogen-bond donors (Lipinski definition) is 1. The molecule has 2 aromatic carbocycles. The number of fused-ring (bicyclic) bond motifs is 1. The van der Waals surface area contributed by atoms with E-state index in [9.17, 15) is 47.9 Å². The van der Waals surface area contributed by atoms with Crippen LogP contribution in [0.3, 0.4) is 0 Å². The molecule has 3 atom stereocenters. The van der Waals surface area contributed by atoms with Gasteiger partial charge in [-0.25, -0.2) is 13.1 Å². The van der Waals surface area contributed by atoms with E-state index in [-0.39, 0.29) is 36.6 Å².